The molecule has 1 aromatic rings. The maximum atomic E-state index is 12.3. The van der Waals surface area contributed by atoms with E-state index in [1.54, 1.807) is 6.07 Å². The normalized spacial score (nSPS) is 22.8. The largest absolute Gasteiger partial charge is 0.367 e. The monoisotopic (exact) mass is 416 g/mol. The van der Waals surface area contributed by atoms with E-state index in [2.05, 4.69) is 15.6 Å². The molecule has 9 heteroatoms. The lowest BCUT2D eigenvalue weighted by Gasteiger charge is -2.37. The minimum atomic E-state index is -0.406. The molecule has 0 radical (unpaired) electrons. The lowest BCUT2D eigenvalue weighted by atomic mass is 9.74. The van der Waals surface area contributed by atoms with Crippen LogP contribution in [0.5, 0.6) is 0 Å². The molecule has 1 amide bonds. The van der Waals surface area contributed by atoms with E-state index < -0.39 is 5.54 Å². The molecule has 2 unspecified atom stereocenters. The molecule has 1 fully saturated rings. The standard InChI is InChI=1S/C15H22Cl2N4O.2ClH/c1-15(18)5-3-2-4-11(15)14(22)20-7-6-19-13-12(17)8-10(16)9-21-13;;/h8-9,11H,2-7,18H2,1H3,(H,19,21)(H,20,22);2*1H. The summed E-state index contributed by atoms with van der Waals surface area (Å²) in [5.74, 6) is 0.474. The molecule has 1 aliphatic carbocycles. The fraction of sp³-hybridized carbons (Fsp3) is 0.600. The summed E-state index contributed by atoms with van der Waals surface area (Å²) >= 11 is 11.8. The number of halogens is 4. The molecule has 1 saturated carbocycles. The average Bonchev–Trinajstić information content (AvgIpc) is 2.44. The Labute approximate surface area is 165 Å². The molecular formula is C15H24Cl4N4O. The van der Waals surface area contributed by atoms with Crippen LogP contribution in [-0.4, -0.2) is 29.5 Å². The second-order valence-electron chi connectivity index (χ2n) is 6.01. The fourth-order valence-electron chi connectivity index (χ4n) is 2.82. The van der Waals surface area contributed by atoms with Gasteiger partial charge in [0.25, 0.3) is 0 Å². The first-order valence-corrected chi connectivity index (χ1v) is 8.27. The summed E-state index contributed by atoms with van der Waals surface area (Å²) in [5, 5.41) is 6.95. The maximum absolute atomic E-state index is 12.3. The molecular weight excluding hydrogens is 394 g/mol. The van der Waals surface area contributed by atoms with Crippen molar-refractivity contribution in [1.82, 2.24) is 10.3 Å². The van der Waals surface area contributed by atoms with Crippen LogP contribution in [0.4, 0.5) is 5.82 Å². The highest BCUT2D eigenvalue weighted by atomic mass is 35.5. The zero-order chi connectivity index (χ0) is 16.2. The predicted molar refractivity (Wildman–Crippen MR) is 105 cm³/mol. The van der Waals surface area contributed by atoms with Gasteiger partial charge in [0.15, 0.2) is 0 Å². The van der Waals surface area contributed by atoms with E-state index >= 15 is 0 Å². The lowest BCUT2D eigenvalue weighted by Crippen LogP contribution is -2.53. The van der Waals surface area contributed by atoms with Gasteiger partial charge in [-0.1, -0.05) is 36.0 Å². The van der Waals surface area contributed by atoms with Crippen molar-refractivity contribution < 1.29 is 4.79 Å². The first-order valence-electron chi connectivity index (χ1n) is 7.51. The number of carbonyl (C=O) groups is 1. The fourth-order valence-corrected chi connectivity index (χ4v) is 3.27. The van der Waals surface area contributed by atoms with Gasteiger partial charge in [-0.05, 0) is 25.8 Å². The number of hydrogen-bond acceptors (Lipinski definition) is 4. The molecule has 1 aromatic heterocycles. The number of nitrogens with zero attached hydrogens (tertiary/aromatic N) is 1. The van der Waals surface area contributed by atoms with Gasteiger partial charge in [-0.2, -0.15) is 0 Å². The SMILES string of the molecule is CC1(N)CCCCC1C(=O)NCCNc1ncc(Cl)cc1Cl.Cl.Cl. The Balaban J connectivity index is 0.00000264. The van der Waals surface area contributed by atoms with Crippen LogP contribution < -0.4 is 16.4 Å². The Bertz CT molecular complexity index is 542. The summed E-state index contributed by atoms with van der Waals surface area (Å²) in [6.45, 7) is 2.99. The third kappa shape index (κ3) is 6.45. The molecule has 0 bridgehead atoms. The molecule has 2 rings (SSSR count). The zero-order valence-electron chi connectivity index (χ0n) is 13.5. The van der Waals surface area contributed by atoms with Crippen LogP contribution in [0, 0.1) is 5.92 Å². The highest BCUT2D eigenvalue weighted by Crippen LogP contribution is 2.31. The van der Waals surface area contributed by atoms with Crippen LogP contribution in [0.15, 0.2) is 12.3 Å². The predicted octanol–water partition coefficient (Wildman–Crippen LogP) is 3.67. The Morgan fingerprint density at radius 2 is 2.08 bits per heavy atom. The first kappa shape index (κ1) is 23.5. The number of nitrogens with two attached hydrogens (primary N) is 1. The van der Waals surface area contributed by atoms with Crippen molar-refractivity contribution in [2.24, 2.45) is 11.7 Å². The molecule has 0 aromatic carbocycles. The number of pyridine rings is 1. The third-order valence-corrected chi connectivity index (χ3v) is 4.59. The first-order chi connectivity index (χ1) is 10.4. The number of rotatable bonds is 5. The molecule has 0 aliphatic heterocycles. The number of hydrogen-bond donors (Lipinski definition) is 3. The second kappa shape index (κ2) is 10.5. The Morgan fingerprint density at radius 3 is 2.71 bits per heavy atom. The van der Waals surface area contributed by atoms with Gasteiger partial charge in [0.1, 0.15) is 5.82 Å². The summed E-state index contributed by atoms with van der Waals surface area (Å²) in [6, 6.07) is 1.62. The highest BCUT2D eigenvalue weighted by Gasteiger charge is 2.37. The van der Waals surface area contributed by atoms with Gasteiger partial charge in [0, 0.05) is 24.8 Å². The average molecular weight is 418 g/mol. The Kier molecular flexibility index (Phi) is 10.3. The molecule has 2 atom stereocenters. The van der Waals surface area contributed by atoms with Crippen LogP contribution in [0.1, 0.15) is 32.6 Å². The minimum Gasteiger partial charge on any atom is -0.367 e. The molecule has 4 N–H and O–H groups in total. The number of carbonyl (C=O) groups excluding carboxylic acids is 1. The van der Waals surface area contributed by atoms with Gasteiger partial charge in [-0.3, -0.25) is 4.79 Å². The van der Waals surface area contributed by atoms with Gasteiger partial charge >= 0.3 is 0 Å². The number of nitrogens with one attached hydrogen (secondary N) is 2. The molecule has 24 heavy (non-hydrogen) atoms. The van der Waals surface area contributed by atoms with E-state index in [-0.39, 0.29) is 36.6 Å². The lowest BCUT2D eigenvalue weighted by molar-refractivity contribution is -0.128. The van der Waals surface area contributed by atoms with Crippen LogP contribution in [0.3, 0.4) is 0 Å². The quantitative estimate of drug-likeness (QED) is 0.638. The highest BCUT2D eigenvalue weighted by molar-refractivity contribution is 6.35. The summed E-state index contributed by atoms with van der Waals surface area (Å²) in [4.78, 5) is 16.4. The number of amides is 1. The van der Waals surface area contributed by atoms with E-state index in [1.165, 1.54) is 6.20 Å². The minimum absolute atomic E-state index is 0. The smallest absolute Gasteiger partial charge is 0.225 e. The van der Waals surface area contributed by atoms with Crippen LogP contribution in [0.25, 0.3) is 0 Å². The second-order valence-corrected chi connectivity index (χ2v) is 6.85. The Hall–Kier alpha value is -0.460. The van der Waals surface area contributed by atoms with E-state index in [1.807, 2.05) is 6.92 Å². The van der Waals surface area contributed by atoms with E-state index in [4.69, 9.17) is 28.9 Å². The summed E-state index contributed by atoms with van der Waals surface area (Å²) in [6.07, 6.45) is 5.44. The molecule has 1 heterocycles. The summed E-state index contributed by atoms with van der Waals surface area (Å²) < 4.78 is 0. The molecule has 0 saturated heterocycles. The van der Waals surface area contributed by atoms with Crippen molar-refractivity contribution >= 4 is 59.7 Å². The van der Waals surface area contributed by atoms with Crippen molar-refractivity contribution in [3.8, 4) is 0 Å². The van der Waals surface area contributed by atoms with Crippen molar-refractivity contribution in [1.29, 1.82) is 0 Å². The van der Waals surface area contributed by atoms with Gasteiger partial charge < -0.3 is 16.4 Å². The van der Waals surface area contributed by atoms with Crippen LogP contribution in [-0.2, 0) is 4.79 Å². The van der Waals surface area contributed by atoms with Crippen molar-refractivity contribution in [3.05, 3.63) is 22.3 Å². The maximum Gasteiger partial charge on any atom is 0.225 e. The zero-order valence-corrected chi connectivity index (χ0v) is 16.6. The van der Waals surface area contributed by atoms with Gasteiger partial charge in [0.05, 0.1) is 16.0 Å². The van der Waals surface area contributed by atoms with Crippen molar-refractivity contribution in [2.45, 2.75) is 38.1 Å². The topological polar surface area (TPSA) is 80.0 Å². The third-order valence-electron chi connectivity index (χ3n) is 4.10. The number of aromatic nitrogens is 1. The van der Waals surface area contributed by atoms with E-state index in [0.717, 1.165) is 25.7 Å². The van der Waals surface area contributed by atoms with Crippen LogP contribution in [0.2, 0.25) is 10.0 Å². The van der Waals surface area contributed by atoms with Crippen LogP contribution >= 0.6 is 48.0 Å². The summed E-state index contributed by atoms with van der Waals surface area (Å²) in [7, 11) is 0. The van der Waals surface area contributed by atoms with Gasteiger partial charge in [-0.15, -0.1) is 24.8 Å². The van der Waals surface area contributed by atoms with Gasteiger partial charge in [-0.25, -0.2) is 4.98 Å². The van der Waals surface area contributed by atoms with E-state index in [9.17, 15) is 4.79 Å². The molecule has 138 valence electrons. The van der Waals surface area contributed by atoms with Crippen molar-refractivity contribution in [3.63, 3.8) is 0 Å². The van der Waals surface area contributed by atoms with Gasteiger partial charge in [0.2, 0.25) is 5.91 Å². The van der Waals surface area contributed by atoms with Crippen molar-refractivity contribution in [2.75, 3.05) is 18.4 Å². The molecule has 5 nitrogen and oxygen atoms in total. The Morgan fingerprint density at radius 1 is 1.38 bits per heavy atom. The number of anilines is 1. The van der Waals surface area contributed by atoms with E-state index in [0.29, 0.717) is 29.0 Å². The molecule has 1 aliphatic rings. The molecule has 0 spiro atoms. The summed E-state index contributed by atoms with van der Waals surface area (Å²) in [5.41, 5.74) is 5.83.